The van der Waals surface area contributed by atoms with Crippen LogP contribution in [0, 0.1) is 0 Å². The molecule has 0 saturated heterocycles. The van der Waals surface area contributed by atoms with Gasteiger partial charge in [-0.3, -0.25) is 0 Å². The topological polar surface area (TPSA) is 40.5 Å². The molecule has 0 aliphatic carbocycles. The predicted molar refractivity (Wildman–Crippen MR) is 62.1 cm³/mol. The Morgan fingerprint density at radius 3 is 2.47 bits per heavy atom. The summed E-state index contributed by atoms with van der Waals surface area (Å²) in [5.74, 6) is -0.933. The number of rotatable bonds is 3. The van der Waals surface area contributed by atoms with E-state index in [0.29, 0.717) is 11.4 Å². The normalized spacial score (nSPS) is 10.1. The number of carbonyl (C=O) groups is 1. The molecule has 0 saturated carbocycles. The minimum atomic E-state index is -0.933. The van der Waals surface area contributed by atoms with E-state index in [0.717, 1.165) is 11.3 Å². The summed E-state index contributed by atoms with van der Waals surface area (Å²) in [5.41, 5.74) is 1.97. The van der Waals surface area contributed by atoms with Crippen molar-refractivity contribution in [1.82, 2.24) is 0 Å². The van der Waals surface area contributed by atoms with Gasteiger partial charge in [0.15, 0.2) is 0 Å². The Hall–Kier alpha value is -1.22. The van der Waals surface area contributed by atoms with Crippen molar-refractivity contribution in [3.05, 3.63) is 28.3 Å². The van der Waals surface area contributed by atoms with E-state index < -0.39 is 5.97 Å². The summed E-state index contributed by atoms with van der Waals surface area (Å²) < 4.78 is 0. The molecule has 0 amide bonds. The molecule has 3 nitrogen and oxygen atoms in total. The van der Waals surface area contributed by atoms with Crippen LogP contribution in [0.4, 0.5) is 5.69 Å². The molecule has 0 fully saturated rings. The maximum atomic E-state index is 11.0. The van der Waals surface area contributed by atoms with Crippen LogP contribution < -0.4 is 4.90 Å². The Bertz CT molecular complexity index is 388. The number of benzene rings is 1. The number of halogens is 1. The van der Waals surface area contributed by atoms with Crippen LogP contribution in [0.15, 0.2) is 12.1 Å². The number of anilines is 1. The van der Waals surface area contributed by atoms with Gasteiger partial charge in [0.25, 0.3) is 0 Å². The lowest BCUT2D eigenvalue weighted by Gasteiger charge is -2.19. The van der Waals surface area contributed by atoms with Crippen LogP contribution in [-0.4, -0.2) is 25.2 Å². The second kappa shape index (κ2) is 4.53. The highest BCUT2D eigenvalue weighted by molar-refractivity contribution is 6.31. The quantitative estimate of drug-likeness (QED) is 0.863. The molecule has 1 rings (SSSR count). The summed E-state index contributed by atoms with van der Waals surface area (Å²) in [6.45, 7) is 1.93. The molecule has 0 heterocycles. The number of aromatic carboxylic acids is 1. The van der Waals surface area contributed by atoms with E-state index in [1.165, 1.54) is 6.07 Å². The van der Waals surface area contributed by atoms with Crippen LogP contribution >= 0.6 is 11.6 Å². The Labute approximate surface area is 94.3 Å². The molecule has 1 N–H and O–H groups in total. The van der Waals surface area contributed by atoms with Crippen molar-refractivity contribution in [3.8, 4) is 0 Å². The van der Waals surface area contributed by atoms with Gasteiger partial charge in [-0.1, -0.05) is 18.5 Å². The van der Waals surface area contributed by atoms with Crippen molar-refractivity contribution in [1.29, 1.82) is 0 Å². The molecule has 1 aromatic rings. The fourth-order valence-electron chi connectivity index (χ4n) is 1.58. The third-order valence-corrected chi connectivity index (χ3v) is 2.48. The molecule has 0 atom stereocenters. The van der Waals surface area contributed by atoms with E-state index in [1.54, 1.807) is 6.07 Å². The zero-order chi connectivity index (χ0) is 11.6. The highest BCUT2D eigenvalue weighted by Gasteiger charge is 2.15. The van der Waals surface area contributed by atoms with Gasteiger partial charge in [0.1, 0.15) is 0 Å². The van der Waals surface area contributed by atoms with Crippen LogP contribution in [-0.2, 0) is 6.42 Å². The number of carboxylic acids is 1. The summed E-state index contributed by atoms with van der Waals surface area (Å²) in [5, 5.41) is 9.50. The van der Waals surface area contributed by atoms with Gasteiger partial charge in [0, 0.05) is 24.8 Å². The fraction of sp³-hybridized carbons (Fsp3) is 0.364. The number of hydrogen-bond donors (Lipinski definition) is 1. The summed E-state index contributed by atoms with van der Waals surface area (Å²) in [6, 6.07) is 3.28. The third-order valence-electron chi connectivity index (χ3n) is 2.26. The van der Waals surface area contributed by atoms with Gasteiger partial charge in [-0.15, -0.1) is 0 Å². The van der Waals surface area contributed by atoms with Crippen LogP contribution in [0.25, 0.3) is 0 Å². The standard InChI is InChI=1S/C11H14ClNO2/c1-4-8-9(11(14)15)5-7(12)6-10(8)13(2)3/h5-6H,4H2,1-3H3,(H,14,15). The molecule has 0 radical (unpaired) electrons. The fourth-order valence-corrected chi connectivity index (χ4v) is 1.80. The van der Waals surface area contributed by atoms with Crippen LogP contribution in [0.3, 0.4) is 0 Å². The summed E-state index contributed by atoms with van der Waals surface area (Å²) in [4.78, 5) is 12.9. The summed E-state index contributed by atoms with van der Waals surface area (Å²) in [6.07, 6.45) is 0.673. The Morgan fingerprint density at radius 2 is 2.07 bits per heavy atom. The van der Waals surface area contributed by atoms with Gasteiger partial charge in [0.05, 0.1) is 5.56 Å². The Balaban J connectivity index is 3.45. The second-order valence-electron chi connectivity index (χ2n) is 3.50. The van der Waals surface area contributed by atoms with Crippen molar-refractivity contribution in [2.75, 3.05) is 19.0 Å². The first-order valence-electron chi connectivity index (χ1n) is 4.70. The number of nitrogens with zero attached hydrogens (tertiary/aromatic N) is 1. The summed E-state index contributed by atoms with van der Waals surface area (Å²) in [7, 11) is 3.74. The van der Waals surface area contributed by atoms with E-state index >= 15 is 0 Å². The number of carboxylic acid groups (broad SMARTS) is 1. The molecular weight excluding hydrogens is 214 g/mol. The average molecular weight is 228 g/mol. The molecule has 0 bridgehead atoms. The van der Waals surface area contributed by atoms with E-state index in [-0.39, 0.29) is 5.56 Å². The highest BCUT2D eigenvalue weighted by Crippen LogP contribution is 2.27. The molecule has 4 heteroatoms. The molecule has 0 aromatic heterocycles. The van der Waals surface area contributed by atoms with Gasteiger partial charge in [-0.2, -0.15) is 0 Å². The summed E-state index contributed by atoms with van der Waals surface area (Å²) >= 11 is 5.88. The van der Waals surface area contributed by atoms with Gasteiger partial charge >= 0.3 is 5.97 Å². The zero-order valence-corrected chi connectivity index (χ0v) is 9.80. The highest BCUT2D eigenvalue weighted by atomic mass is 35.5. The smallest absolute Gasteiger partial charge is 0.336 e. The Kier molecular flexibility index (Phi) is 3.58. The van der Waals surface area contributed by atoms with Crippen LogP contribution in [0.5, 0.6) is 0 Å². The first-order chi connectivity index (χ1) is 6.97. The predicted octanol–water partition coefficient (Wildman–Crippen LogP) is 2.67. The number of hydrogen-bond acceptors (Lipinski definition) is 2. The van der Waals surface area contributed by atoms with Crippen molar-refractivity contribution >= 4 is 23.3 Å². The largest absolute Gasteiger partial charge is 0.478 e. The minimum Gasteiger partial charge on any atom is -0.478 e. The lowest BCUT2D eigenvalue weighted by Crippen LogP contribution is -2.14. The van der Waals surface area contributed by atoms with Gasteiger partial charge in [-0.05, 0) is 24.1 Å². The molecule has 15 heavy (non-hydrogen) atoms. The van der Waals surface area contributed by atoms with Crippen LogP contribution in [0.2, 0.25) is 5.02 Å². The van der Waals surface area contributed by atoms with E-state index in [2.05, 4.69) is 0 Å². The third kappa shape index (κ3) is 2.42. The lowest BCUT2D eigenvalue weighted by molar-refractivity contribution is 0.0696. The van der Waals surface area contributed by atoms with Crippen molar-refractivity contribution < 1.29 is 9.90 Å². The SMILES string of the molecule is CCc1c(C(=O)O)cc(Cl)cc1N(C)C. The molecule has 0 spiro atoms. The van der Waals surface area contributed by atoms with E-state index in [1.807, 2.05) is 25.9 Å². The van der Waals surface area contributed by atoms with E-state index in [4.69, 9.17) is 16.7 Å². The maximum Gasteiger partial charge on any atom is 0.336 e. The van der Waals surface area contributed by atoms with Gasteiger partial charge < -0.3 is 10.0 Å². The molecule has 0 aliphatic heterocycles. The molecule has 0 unspecified atom stereocenters. The molecule has 1 aromatic carbocycles. The van der Waals surface area contributed by atoms with Crippen molar-refractivity contribution in [2.24, 2.45) is 0 Å². The lowest BCUT2D eigenvalue weighted by atomic mass is 10.0. The van der Waals surface area contributed by atoms with Crippen molar-refractivity contribution in [3.63, 3.8) is 0 Å². The maximum absolute atomic E-state index is 11.0. The first-order valence-corrected chi connectivity index (χ1v) is 5.08. The second-order valence-corrected chi connectivity index (χ2v) is 3.94. The van der Waals surface area contributed by atoms with Crippen molar-refractivity contribution in [2.45, 2.75) is 13.3 Å². The van der Waals surface area contributed by atoms with Gasteiger partial charge in [0.2, 0.25) is 0 Å². The van der Waals surface area contributed by atoms with Crippen LogP contribution in [0.1, 0.15) is 22.8 Å². The van der Waals surface area contributed by atoms with E-state index in [9.17, 15) is 4.79 Å². The van der Waals surface area contributed by atoms with Gasteiger partial charge in [-0.25, -0.2) is 4.79 Å². The molecule has 0 aliphatic rings. The molecule has 82 valence electrons. The zero-order valence-electron chi connectivity index (χ0n) is 9.04. The first kappa shape index (κ1) is 11.9. The monoisotopic (exact) mass is 227 g/mol. The average Bonchev–Trinajstić information content (AvgIpc) is 2.16. The Morgan fingerprint density at radius 1 is 1.47 bits per heavy atom. The molecular formula is C11H14ClNO2. The minimum absolute atomic E-state index is 0.286.